The standard InChI is InChI=1S/C13H27NO4/c1-10-5-14(6-11(2)18-10)7-13(15)9-17-12(3)8-16-4/h10-13,15H,5-9H2,1-4H3. The molecular weight excluding hydrogens is 234 g/mol. The predicted octanol–water partition coefficient (Wildman–Crippen LogP) is 0.508. The van der Waals surface area contributed by atoms with Crippen LogP contribution in [0.25, 0.3) is 0 Å². The van der Waals surface area contributed by atoms with Gasteiger partial charge in [0.15, 0.2) is 0 Å². The Morgan fingerprint density at radius 1 is 1.28 bits per heavy atom. The molecule has 0 spiro atoms. The molecule has 0 aromatic heterocycles. The lowest BCUT2D eigenvalue weighted by Gasteiger charge is -2.36. The molecular formula is C13H27NO4. The minimum absolute atomic E-state index is 0.0205. The maximum Gasteiger partial charge on any atom is 0.0900 e. The first-order valence-electron chi connectivity index (χ1n) is 6.67. The highest BCUT2D eigenvalue weighted by Crippen LogP contribution is 2.11. The van der Waals surface area contributed by atoms with Crippen molar-refractivity contribution in [3.8, 4) is 0 Å². The Labute approximate surface area is 110 Å². The topological polar surface area (TPSA) is 51.2 Å². The first-order valence-corrected chi connectivity index (χ1v) is 6.67. The van der Waals surface area contributed by atoms with Gasteiger partial charge < -0.3 is 19.3 Å². The van der Waals surface area contributed by atoms with E-state index in [0.717, 1.165) is 13.1 Å². The van der Waals surface area contributed by atoms with Gasteiger partial charge in [0.05, 0.1) is 37.6 Å². The summed E-state index contributed by atoms with van der Waals surface area (Å²) >= 11 is 0. The summed E-state index contributed by atoms with van der Waals surface area (Å²) in [7, 11) is 1.65. The van der Waals surface area contributed by atoms with Crippen molar-refractivity contribution in [3.63, 3.8) is 0 Å². The van der Waals surface area contributed by atoms with Crippen LogP contribution in [0.5, 0.6) is 0 Å². The molecule has 0 bridgehead atoms. The third kappa shape index (κ3) is 6.11. The monoisotopic (exact) mass is 261 g/mol. The predicted molar refractivity (Wildman–Crippen MR) is 69.7 cm³/mol. The molecule has 1 saturated heterocycles. The average Bonchev–Trinajstić information content (AvgIpc) is 2.25. The molecule has 5 heteroatoms. The van der Waals surface area contributed by atoms with Gasteiger partial charge in [0.1, 0.15) is 0 Å². The Bertz CT molecular complexity index is 217. The van der Waals surface area contributed by atoms with Gasteiger partial charge in [0.2, 0.25) is 0 Å². The van der Waals surface area contributed by atoms with E-state index in [1.807, 2.05) is 6.92 Å². The van der Waals surface area contributed by atoms with Crippen LogP contribution in [0.1, 0.15) is 20.8 Å². The van der Waals surface area contributed by atoms with E-state index in [9.17, 15) is 5.11 Å². The minimum Gasteiger partial charge on any atom is -0.389 e. The van der Waals surface area contributed by atoms with Gasteiger partial charge in [0, 0.05) is 26.7 Å². The molecule has 0 amide bonds. The molecule has 0 aromatic rings. The van der Waals surface area contributed by atoms with E-state index in [0.29, 0.717) is 19.8 Å². The van der Waals surface area contributed by atoms with Crippen molar-refractivity contribution in [3.05, 3.63) is 0 Å². The van der Waals surface area contributed by atoms with E-state index in [2.05, 4.69) is 18.7 Å². The Morgan fingerprint density at radius 2 is 1.89 bits per heavy atom. The average molecular weight is 261 g/mol. The molecule has 1 aliphatic heterocycles. The Hall–Kier alpha value is -0.200. The second kappa shape index (κ2) is 8.07. The third-order valence-corrected chi connectivity index (χ3v) is 2.94. The van der Waals surface area contributed by atoms with Crippen LogP contribution >= 0.6 is 0 Å². The van der Waals surface area contributed by atoms with E-state index in [-0.39, 0.29) is 18.3 Å². The lowest BCUT2D eigenvalue weighted by atomic mass is 10.2. The fraction of sp³-hybridized carbons (Fsp3) is 1.00. The third-order valence-electron chi connectivity index (χ3n) is 2.94. The lowest BCUT2D eigenvalue weighted by molar-refractivity contribution is -0.0878. The van der Waals surface area contributed by atoms with E-state index < -0.39 is 6.10 Å². The van der Waals surface area contributed by atoms with Gasteiger partial charge in [0.25, 0.3) is 0 Å². The van der Waals surface area contributed by atoms with Crippen LogP contribution in [0.2, 0.25) is 0 Å². The van der Waals surface area contributed by atoms with E-state index in [4.69, 9.17) is 14.2 Å². The molecule has 108 valence electrons. The van der Waals surface area contributed by atoms with Gasteiger partial charge in [-0.2, -0.15) is 0 Å². The largest absolute Gasteiger partial charge is 0.389 e. The quantitative estimate of drug-likeness (QED) is 0.723. The SMILES string of the molecule is COCC(C)OCC(O)CN1CC(C)OC(C)C1. The molecule has 0 saturated carbocycles. The number of morpholine rings is 1. The van der Waals surface area contributed by atoms with E-state index in [1.165, 1.54) is 0 Å². The molecule has 0 aromatic carbocycles. The van der Waals surface area contributed by atoms with Crippen molar-refractivity contribution in [2.24, 2.45) is 0 Å². The number of rotatable bonds is 7. The van der Waals surface area contributed by atoms with Crippen molar-refractivity contribution in [1.29, 1.82) is 0 Å². The smallest absolute Gasteiger partial charge is 0.0900 e. The summed E-state index contributed by atoms with van der Waals surface area (Å²) < 4.78 is 16.1. The summed E-state index contributed by atoms with van der Waals surface area (Å²) in [5, 5.41) is 9.94. The number of aliphatic hydroxyl groups is 1. The van der Waals surface area contributed by atoms with Crippen molar-refractivity contribution >= 4 is 0 Å². The van der Waals surface area contributed by atoms with Crippen molar-refractivity contribution in [2.45, 2.75) is 45.2 Å². The molecule has 1 rings (SSSR count). The molecule has 0 aliphatic carbocycles. The van der Waals surface area contributed by atoms with Crippen LogP contribution in [-0.4, -0.2) is 74.4 Å². The van der Waals surface area contributed by atoms with Crippen LogP contribution in [0.3, 0.4) is 0 Å². The zero-order valence-corrected chi connectivity index (χ0v) is 12.0. The summed E-state index contributed by atoms with van der Waals surface area (Å²) in [5.74, 6) is 0. The van der Waals surface area contributed by atoms with Gasteiger partial charge in [-0.25, -0.2) is 0 Å². The van der Waals surface area contributed by atoms with Crippen molar-refractivity contribution in [2.75, 3.05) is 40.0 Å². The van der Waals surface area contributed by atoms with Gasteiger partial charge in [-0.1, -0.05) is 0 Å². The Balaban J connectivity index is 2.20. The fourth-order valence-corrected chi connectivity index (χ4v) is 2.34. The minimum atomic E-state index is -0.457. The molecule has 18 heavy (non-hydrogen) atoms. The second-order valence-electron chi connectivity index (χ2n) is 5.23. The van der Waals surface area contributed by atoms with Gasteiger partial charge in [-0.05, 0) is 20.8 Å². The number of hydrogen-bond donors (Lipinski definition) is 1. The van der Waals surface area contributed by atoms with E-state index >= 15 is 0 Å². The zero-order chi connectivity index (χ0) is 13.5. The normalized spacial score (nSPS) is 29.2. The number of nitrogens with zero attached hydrogens (tertiary/aromatic N) is 1. The van der Waals surface area contributed by atoms with E-state index in [1.54, 1.807) is 7.11 Å². The van der Waals surface area contributed by atoms with Gasteiger partial charge in [-0.3, -0.25) is 4.90 Å². The van der Waals surface area contributed by atoms with Crippen LogP contribution in [0, 0.1) is 0 Å². The van der Waals surface area contributed by atoms with Crippen LogP contribution in [0.4, 0.5) is 0 Å². The molecule has 1 heterocycles. The highest BCUT2D eigenvalue weighted by Gasteiger charge is 2.23. The van der Waals surface area contributed by atoms with Gasteiger partial charge in [-0.15, -0.1) is 0 Å². The molecule has 1 fully saturated rings. The molecule has 0 radical (unpaired) electrons. The van der Waals surface area contributed by atoms with Crippen LogP contribution < -0.4 is 0 Å². The summed E-state index contributed by atoms with van der Waals surface area (Å²) in [6, 6.07) is 0. The molecule has 1 N–H and O–H groups in total. The molecule has 5 nitrogen and oxygen atoms in total. The zero-order valence-electron chi connectivity index (χ0n) is 12.0. The van der Waals surface area contributed by atoms with Crippen molar-refractivity contribution < 1.29 is 19.3 Å². The van der Waals surface area contributed by atoms with Crippen LogP contribution in [-0.2, 0) is 14.2 Å². The summed E-state index contributed by atoms with van der Waals surface area (Å²) in [5.41, 5.74) is 0. The first-order chi connectivity index (χ1) is 8.51. The van der Waals surface area contributed by atoms with Crippen LogP contribution in [0.15, 0.2) is 0 Å². The first kappa shape index (κ1) is 15.9. The molecule has 4 atom stereocenters. The maximum atomic E-state index is 9.94. The fourth-order valence-electron chi connectivity index (χ4n) is 2.34. The maximum absolute atomic E-state index is 9.94. The lowest BCUT2D eigenvalue weighted by Crippen LogP contribution is -2.48. The summed E-state index contributed by atoms with van der Waals surface area (Å²) in [6.07, 6.45) is 0.0255. The Morgan fingerprint density at radius 3 is 2.44 bits per heavy atom. The molecule has 1 aliphatic rings. The number of methoxy groups -OCH3 is 1. The molecule has 4 unspecified atom stereocenters. The highest BCUT2D eigenvalue weighted by atomic mass is 16.5. The number of ether oxygens (including phenoxy) is 3. The number of β-amino-alcohol motifs (C(OH)–C–C–N with tert-alkyl or cyclic N) is 1. The van der Waals surface area contributed by atoms with Crippen molar-refractivity contribution in [1.82, 2.24) is 4.90 Å². The highest BCUT2D eigenvalue weighted by molar-refractivity contribution is 4.75. The Kier molecular flexibility index (Phi) is 7.11. The second-order valence-corrected chi connectivity index (χ2v) is 5.23. The number of hydrogen-bond acceptors (Lipinski definition) is 5. The summed E-state index contributed by atoms with van der Waals surface area (Å²) in [4.78, 5) is 2.23. The number of aliphatic hydroxyl groups excluding tert-OH is 1. The summed E-state index contributed by atoms with van der Waals surface area (Å²) in [6.45, 7) is 9.35. The van der Waals surface area contributed by atoms with Gasteiger partial charge >= 0.3 is 0 Å².